The zero-order valence-electron chi connectivity index (χ0n) is 36.8. The van der Waals surface area contributed by atoms with Crippen LogP contribution in [0.3, 0.4) is 0 Å². The van der Waals surface area contributed by atoms with Crippen LogP contribution in [0.1, 0.15) is 61.1 Å². The minimum atomic E-state index is -0.228. The minimum absolute atomic E-state index is 0.0881. The second kappa shape index (κ2) is 13.6. The lowest BCUT2D eigenvalue weighted by molar-refractivity contribution is 0.660. The van der Waals surface area contributed by atoms with Crippen molar-refractivity contribution in [1.29, 1.82) is 0 Å². The molecular formula is C62H49N. The Bertz CT molecular complexity index is 3500. The largest absolute Gasteiger partial charge is 0.310 e. The van der Waals surface area contributed by atoms with Crippen LogP contribution in [0.25, 0.3) is 76.8 Å². The molecule has 0 spiro atoms. The molecule has 2 aliphatic carbocycles. The molecule has 10 aromatic carbocycles. The third kappa shape index (κ3) is 5.62. The molecule has 0 aromatic heterocycles. The number of anilines is 3. The molecule has 12 rings (SSSR count). The van der Waals surface area contributed by atoms with E-state index in [-0.39, 0.29) is 10.8 Å². The summed E-state index contributed by atoms with van der Waals surface area (Å²) in [5.41, 5.74) is 21.7. The molecule has 0 saturated carbocycles. The quantitative estimate of drug-likeness (QED) is 0.157. The molecule has 10 aromatic rings. The molecule has 2 aliphatic rings. The van der Waals surface area contributed by atoms with Gasteiger partial charge in [0.1, 0.15) is 0 Å². The summed E-state index contributed by atoms with van der Waals surface area (Å²) < 4.78 is 0. The number of hydrogen-bond acceptors (Lipinski definition) is 1. The molecule has 0 radical (unpaired) electrons. The number of fused-ring (bicyclic) bond motifs is 9. The molecule has 0 fully saturated rings. The first kappa shape index (κ1) is 37.5. The monoisotopic (exact) mass is 807 g/mol. The van der Waals surface area contributed by atoms with Crippen LogP contribution in [0.5, 0.6) is 0 Å². The van der Waals surface area contributed by atoms with E-state index in [1.165, 1.54) is 127 Å². The van der Waals surface area contributed by atoms with Crippen molar-refractivity contribution in [2.75, 3.05) is 4.90 Å². The molecule has 0 atom stereocenters. The highest BCUT2D eigenvalue weighted by atomic mass is 15.1. The Morgan fingerprint density at radius 2 is 0.746 bits per heavy atom. The van der Waals surface area contributed by atoms with Gasteiger partial charge in [-0.3, -0.25) is 0 Å². The first-order valence-corrected chi connectivity index (χ1v) is 22.4. The molecule has 0 amide bonds. The van der Waals surface area contributed by atoms with Gasteiger partial charge >= 0.3 is 0 Å². The van der Waals surface area contributed by atoms with E-state index in [1.807, 2.05) is 0 Å². The van der Waals surface area contributed by atoms with E-state index in [0.717, 1.165) is 0 Å². The zero-order chi connectivity index (χ0) is 42.8. The summed E-state index contributed by atoms with van der Waals surface area (Å²) in [7, 11) is 0. The Morgan fingerprint density at radius 3 is 1.29 bits per heavy atom. The Labute approximate surface area is 370 Å². The fourth-order valence-corrected chi connectivity index (χ4v) is 11.3. The van der Waals surface area contributed by atoms with Gasteiger partial charge in [-0.2, -0.15) is 0 Å². The molecule has 0 unspecified atom stereocenters. The van der Waals surface area contributed by atoms with Gasteiger partial charge in [-0.1, -0.05) is 155 Å². The summed E-state index contributed by atoms with van der Waals surface area (Å²) in [6, 6.07) is 71.2. The highest BCUT2D eigenvalue weighted by Gasteiger charge is 2.38. The van der Waals surface area contributed by atoms with Crippen molar-refractivity contribution in [3.05, 3.63) is 221 Å². The van der Waals surface area contributed by atoms with Crippen LogP contribution < -0.4 is 4.90 Å². The third-order valence-electron chi connectivity index (χ3n) is 14.5. The Morgan fingerprint density at radius 1 is 0.317 bits per heavy atom. The second-order valence-corrected chi connectivity index (χ2v) is 19.1. The van der Waals surface area contributed by atoms with Crippen LogP contribution in [0, 0.1) is 13.8 Å². The number of hydrogen-bond donors (Lipinski definition) is 0. The Kier molecular flexibility index (Phi) is 8.13. The van der Waals surface area contributed by atoms with Crippen LogP contribution in [0.4, 0.5) is 17.1 Å². The molecule has 1 heteroatoms. The van der Waals surface area contributed by atoms with Crippen molar-refractivity contribution >= 4 is 49.4 Å². The molecule has 0 saturated heterocycles. The maximum Gasteiger partial charge on any atom is 0.0465 e. The van der Waals surface area contributed by atoms with Gasteiger partial charge in [-0.25, -0.2) is 0 Å². The van der Waals surface area contributed by atoms with Gasteiger partial charge < -0.3 is 4.90 Å². The van der Waals surface area contributed by atoms with E-state index in [0.29, 0.717) is 0 Å². The van der Waals surface area contributed by atoms with Gasteiger partial charge in [0.2, 0.25) is 0 Å². The van der Waals surface area contributed by atoms with Crippen LogP contribution in [0.15, 0.2) is 188 Å². The van der Waals surface area contributed by atoms with Crippen molar-refractivity contribution < 1.29 is 0 Å². The van der Waals surface area contributed by atoms with Crippen molar-refractivity contribution in [2.45, 2.75) is 52.4 Å². The maximum absolute atomic E-state index is 2.51. The predicted octanol–water partition coefficient (Wildman–Crippen LogP) is 17.2. The van der Waals surface area contributed by atoms with E-state index in [2.05, 4.69) is 234 Å². The first-order valence-electron chi connectivity index (χ1n) is 22.4. The number of benzene rings is 10. The predicted molar refractivity (Wildman–Crippen MR) is 269 cm³/mol. The summed E-state index contributed by atoms with van der Waals surface area (Å²) in [6.45, 7) is 13.9. The van der Waals surface area contributed by atoms with E-state index in [9.17, 15) is 0 Å². The van der Waals surface area contributed by atoms with Crippen LogP contribution in [-0.4, -0.2) is 0 Å². The van der Waals surface area contributed by atoms with E-state index in [1.54, 1.807) is 0 Å². The highest BCUT2D eigenvalue weighted by Crippen LogP contribution is 2.54. The van der Waals surface area contributed by atoms with Gasteiger partial charge in [0.15, 0.2) is 0 Å². The van der Waals surface area contributed by atoms with Gasteiger partial charge in [0.25, 0.3) is 0 Å². The van der Waals surface area contributed by atoms with Gasteiger partial charge in [-0.15, -0.1) is 0 Å². The molecule has 1 nitrogen and oxygen atoms in total. The Balaban J connectivity index is 1.05. The average Bonchev–Trinajstić information content (AvgIpc) is 3.66. The molecule has 0 bridgehead atoms. The standard InChI is InChI=1S/C62H49N/c1-38-15-13-19-44(31-38)63(45-20-14-16-39(2)32-45)46-27-30-50-49-29-26-43(36-57(49)62(5,6)58(50)37-46)60-52-23-10-9-22-51(52)59(53-33-40-17-7-8-18-41(40)34-54(53)60)42-25-28-48-47-21-11-12-24-55(47)61(3,4)56(48)35-42/h7-37H,1-6H3. The minimum Gasteiger partial charge on any atom is -0.310 e. The average molecular weight is 808 g/mol. The number of rotatable bonds is 5. The second-order valence-electron chi connectivity index (χ2n) is 19.1. The normalized spacial score (nSPS) is 14.1. The first-order chi connectivity index (χ1) is 30.6. The van der Waals surface area contributed by atoms with Crippen molar-refractivity contribution in [2.24, 2.45) is 0 Å². The van der Waals surface area contributed by atoms with E-state index < -0.39 is 0 Å². The zero-order valence-corrected chi connectivity index (χ0v) is 36.8. The summed E-state index contributed by atoms with van der Waals surface area (Å²) >= 11 is 0. The molecule has 302 valence electrons. The van der Waals surface area contributed by atoms with Crippen LogP contribution in [0.2, 0.25) is 0 Å². The van der Waals surface area contributed by atoms with Gasteiger partial charge in [-0.05, 0) is 185 Å². The fraction of sp³-hybridized carbons (Fsp3) is 0.129. The Hall–Kier alpha value is -7.22. The lowest BCUT2D eigenvalue weighted by atomic mass is 9.79. The fourth-order valence-electron chi connectivity index (χ4n) is 11.3. The van der Waals surface area contributed by atoms with Crippen molar-refractivity contribution in [3.63, 3.8) is 0 Å². The van der Waals surface area contributed by atoms with Crippen LogP contribution in [-0.2, 0) is 10.8 Å². The maximum atomic E-state index is 2.51. The van der Waals surface area contributed by atoms with Crippen molar-refractivity contribution in [3.8, 4) is 44.5 Å². The van der Waals surface area contributed by atoms with Crippen molar-refractivity contribution in [1.82, 2.24) is 0 Å². The summed E-state index contributed by atoms with van der Waals surface area (Å²) in [5.74, 6) is 0. The molecule has 0 aliphatic heterocycles. The highest BCUT2D eigenvalue weighted by molar-refractivity contribution is 6.23. The SMILES string of the molecule is Cc1cccc(N(c2cccc(C)c2)c2ccc3c(c2)C(C)(C)c2cc(-c4c5ccccc5c(-c5ccc6c(c5)C(C)(C)c5ccccc5-6)c5cc6ccccc6cc45)ccc2-3)c1. The topological polar surface area (TPSA) is 3.24 Å². The molecular weight excluding hydrogens is 759 g/mol. The smallest absolute Gasteiger partial charge is 0.0465 e. The summed E-state index contributed by atoms with van der Waals surface area (Å²) in [4.78, 5) is 2.41. The van der Waals surface area contributed by atoms with E-state index in [4.69, 9.17) is 0 Å². The number of aryl methyl sites for hydroxylation is 2. The van der Waals surface area contributed by atoms with Crippen LogP contribution >= 0.6 is 0 Å². The van der Waals surface area contributed by atoms with E-state index >= 15 is 0 Å². The lowest BCUT2D eigenvalue weighted by Gasteiger charge is -2.28. The lowest BCUT2D eigenvalue weighted by Crippen LogP contribution is -2.16. The summed E-state index contributed by atoms with van der Waals surface area (Å²) in [6.07, 6.45) is 0. The van der Waals surface area contributed by atoms with Gasteiger partial charge in [0.05, 0.1) is 0 Å². The summed E-state index contributed by atoms with van der Waals surface area (Å²) in [5, 5.41) is 7.65. The van der Waals surface area contributed by atoms with Gasteiger partial charge in [0, 0.05) is 27.9 Å². The third-order valence-corrected chi connectivity index (χ3v) is 14.5. The molecule has 0 heterocycles. The molecule has 0 N–H and O–H groups in total. The molecule has 63 heavy (non-hydrogen) atoms. The number of nitrogens with zero attached hydrogens (tertiary/aromatic N) is 1.